The van der Waals surface area contributed by atoms with Crippen LogP contribution in [0.5, 0.6) is 0 Å². The lowest BCUT2D eigenvalue weighted by molar-refractivity contribution is -0.146. The summed E-state index contributed by atoms with van der Waals surface area (Å²) < 4.78 is 1.10. The maximum absolute atomic E-state index is 11.9. The highest BCUT2D eigenvalue weighted by atomic mass is 32.2. The molecule has 2 unspecified atom stereocenters. The number of hydrogen-bond acceptors (Lipinski definition) is 5. The van der Waals surface area contributed by atoms with Crippen LogP contribution < -0.4 is 5.32 Å². The monoisotopic (exact) mass is 326 g/mol. The van der Waals surface area contributed by atoms with E-state index in [-0.39, 0.29) is 5.92 Å². The van der Waals surface area contributed by atoms with Gasteiger partial charge in [0.05, 0.1) is 0 Å². The molecule has 4 nitrogen and oxygen atoms in total. The largest absolute Gasteiger partial charge is 0.480 e. The predicted octanol–water partition coefficient (Wildman–Crippen LogP) is 3.31. The summed E-state index contributed by atoms with van der Waals surface area (Å²) in [7, 11) is 0. The van der Waals surface area contributed by atoms with Crippen LogP contribution in [-0.2, 0) is 4.79 Å². The summed E-state index contributed by atoms with van der Waals surface area (Å²) in [4.78, 5) is 16.3. The molecule has 1 heterocycles. The van der Waals surface area contributed by atoms with Gasteiger partial charge in [-0.05, 0) is 44.9 Å². The number of thioether (sulfide) groups is 1. The quantitative estimate of drug-likeness (QED) is 0.753. The van der Waals surface area contributed by atoms with Crippen LogP contribution in [0.2, 0.25) is 0 Å². The van der Waals surface area contributed by atoms with Crippen molar-refractivity contribution >= 4 is 29.1 Å². The average molecular weight is 326 g/mol. The van der Waals surface area contributed by atoms with Crippen molar-refractivity contribution in [1.82, 2.24) is 10.3 Å². The summed E-state index contributed by atoms with van der Waals surface area (Å²) >= 11 is 3.44. The molecule has 2 aliphatic carbocycles. The number of carboxylic acids is 1. The SMILES string of the molecule is Cc1csc(SCCC2CCCC2(NC2CC2)C(=O)O)n1. The number of thiazole rings is 1. The van der Waals surface area contributed by atoms with E-state index in [2.05, 4.69) is 15.7 Å². The number of aliphatic carboxylic acids is 1. The number of carboxylic acid groups (broad SMARTS) is 1. The Labute approximate surface area is 133 Å². The smallest absolute Gasteiger partial charge is 0.324 e. The molecular formula is C15H22N2O2S2. The van der Waals surface area contributed by atoms with E-state index in [0.29, 0.717) is 6.04 Å². The zero-order chi connectivity index (χ0) is 14.9. The van der Waals surface area contributed by atoms with Crippen LogP contribution in [0.4, 0.5) is 0 Å². The maximum atomic E-state index is 11.9. The minimum absolute atomic E-state index is 0.254. The van der Waals surface area contributed by atoms with Crippen LogP contribution in [0.1, 0.15) is 44.2 Å². The highest BCUT2D eigenvalue weighted by Crippen LogP contribution is 2.41. The first-order valence-corrected chi connectivity index (χ1v) is 9.53. The first-order valence-electron chi connectivity index (χ1n) is 7.66. The molecule has 0 bridgehead atoms. The highest BCUT2D eigenvalue weighted by Gasteiger charge is 2.50. The Morgan fingerprint density at radius 2 is 2.38 bits per heavy atom. The second-order valence-electron chi connectivity index (χ2n) is 6.18. The third kappa shape index (κ3) is 3.43. The Bertz CT molecular complexity index is 516. The predicted molar refractivity (Wildman–Crippen MR) is 86.1 cm³/mol. The summed E-state index contributed by atoms with van der Waals surface area (Å²) in [6, 6.07) is 0.441. The van der Waals surface area contributed by atoms with E-state index in [1.165, 1.54) is 0 Å². The van der Waals surface area contributed by atoms with E-state index < -0.39 is 11.5 Å². The molecule has 2 aliphatic rings. The molecule has 2 fully saturated rings. The number of carbonyl (C=O) groups is 1. The van der Waals surface area contributed by atoms with E-state index in [0.717, 1.165) is 54.3 Å². The van der Waals surface area contributed by atoms with Gasteiger partial charge in [-0.25, -0.2) is 4.98 Å². The molecule has 21 heavy (non-hydrogen) atoms. The van der Waals surface area contributed by atoms with Gasteiger partial charge in [0.1, 0.15) is 9.88 Å². The van der Waals surface area contributed by atoms with Gasteiger partial charge in [0.25, 0.3) is 0 Å². The van der Waals surface area contributed by atoms with E-state index in [1.807, 2.05) is 6.92 Å². The van der Waals surface area contributed by atoms with Gasteiger partial charge in [0.15, 0.2) is 0 Å². The van der Waals surface area contributed by atoms with E-state index in [4.69, 9.17) is 0 Å². The topological polar surface area (TPSA) is 62.2 Å². The Hall–Kier alpha value is -0.590. The number of aromatic nitrogens is 1. The van der Waals surface area contributed by atoms with Crippen molar-refractivity contribution in [3.05, 3.63) is 11.1 Å². The molecule has 1 aromatic heterocycles. The Balaban J connectivity index is 1.58. The fourth-order valence-corrected chi connectivity index (χ4v) is 5.25. The molecular weight excluding hydrogens is 304 g/mol. The van der Waals surface area contributed by atoms with Gasteiger partial charge < -0.3 is 5.11 Å². The minimum Gasteiger partial charge on any atom is -0.480 e. The summed E-state index contributed by atoms with van der Waals surface area (Å²) in [5.41, 5.74) is 0.402. The van der Waals surface area contributed by atoms with Crippen molar-refractivity contribution in [3.63, 3.8) is 0 Å². The highest BCUT2D eigenvalue weighted by molar-refractivity contribution is 8.01. The molecule has 0 radical (unpaired) electrons. The number of rotatable bonds is 7. The molecule has 116 valence electrons. The molecule has 0 saturated heterocycles. The normalized spacial score (nSPS) is 28.9. The lowest BCUT2D eigenvalue weighted by Crippen LogP contribution is -2.55. The number of hydrogen-bond donors (Lipinski definition) is 2. The molecule has 0 aliphatic heterocycles. The summed E-state index contributed by atoms with van der Waals surface area (Å²) in [6.45, 7) is 2.01. The molecule has 1 aromatic rings. The second kappa shape index (κ2) is 6.26. The molecule has 3 rings (SSSR count). The lowest BCUT2D eigenvalue weighted by atomic mass is 9.85. The van der Waals surface area contributed by atoms with E-state index >= 15 is 0 Å². The zero-order valence-electron chi connectivity index (χ0n) is 12.3. The number of nitrogens with one attached hydrogen (secondary N) is 1. The Morgan fingerprint density at radius 3 is 3.00 bits per heavy atom. The van der Waals surface area contributed by atoms with Crippen LogP contribution in [0.25, 0.3) is 0 Å². The third-order valence-corrected chi connectivity index (χ3v) is 6.70. The molecule has 2 N–H and O–H groups in total. The van der Waals surface area contributed by atoms with Gasteiger partial charge in [-0.3, -0.25) is 10.1 Å². The Kier molecular flexibility index (Phi) is 4.57. The fourth-order valence-electron chi connectivity index (χ4n) is 3.28. The summed E-state index contributed by atoms with van der Waals surface area (Å²) in [5.74, 6) is 0.565. The maximum Gasteiger partial charge on any atom is 0.324 e. The average Bonchev–Trinajstić information content (AvgIpc) is 3.00. The Morgan fingerprint density at radius 1 is 1.57 bits per heavy atom. The van der Waals surface area contributed by atoms with Crippen molar-refractivity contribution in [2.75, 3.05) is 5.75 Å². The van der Waals surface area contributed by atoms with Crippen molar-refractivity contribution in [3.8, 4) is 0 Å². The van der Waals surface area contributed by atoms with Gasteiger partial charge in [-0.15, -0.1) is 11.3 Å². The van der Waals surface area contributed by atoms with Crippen molar-refractivity contribution in [2.45, 2.75) is 61.4 Å². The molecule has 0 spiro atoms. The van der Waals surface area contributed by atoms with Crippen molar-refractivity contribution in [2.24, 2.45) is 5.92 Å². The molecule has 0 amide bonds. The molecule has 0 aromatic carbocycles. The first kappa shape index (κ1) is 15.3. The van der Waals surface area contributed by atoms with Crippen LogP contribution in [0.3, 0.4) is 0 Å². The molecule has 6 heteroatoms. The summed E-state index contributed by atoms with van der Waals surface area (Å²) in [5, 5.41) is 15.3. The lowest BCUT2D eigenvalue weighted by Gasteiger charge is -2.32. The van der Waals surface area contributed by atoms with Gasteiger partial charge in [-0.1, -0.05) is 18.2 Å². The van der Waals surface area contributed by atoms with Gasteiger partial charge in [-0.2, -0.15) is 0 Å². The molecule has 2 saturated carbocycles. The van der Waals surface area contributed by atoms with Crippen molar-refractivity contribution in [1.29, 1.82) is 0 Å². The first-order chi connectivity index (χ1) is 10.1. The van der Waals surface area contributed by atoms with E-state index in [9.17, 15) is 9.90 Å². The number of nitrogens with zero attached hydrogens (tertiary/aromatic N) is 1. The van der Waals surface area contributed by atoms with Crippen LogP contribution in [-0.4, -0.2) is 33.4 Å². The second-order valence-corrected chi connectivity index (χ2v) is 8.38. The standard InChI is InChI=1S/C15H22N2O2S2/c1-10-9-21-14(16-10)20-8-6-11-3-2-7-15(11,13(18)19)17-12-4-5-12/h9,11-12,17H,2-8H2,1H3,(H,18,19). The molecule has 2 atom stereocenters. The zero-order valence-corrected chi connectivity index (χ0v) is 13.9. The van der Waals surface area contributed by atoms with Crippen molar-refractivity contribution < 1.29 is 9.90 Å². The van der Waals surface area contributed by atoms with Gasteiger partial charge in [0, 0.05) is 22.9 Å². The van der Waals surface area contributed by atoms with E-state index in [1.54, 1.807) is 23.1 Å². The third-order valence-electron chi connectivity index (χ3n) is 4.53. The van der Waals surface area contributed by atoms with Crippen LogP contribution in [0, 0.1) is 12.8 Å². The van der Waals surface area contributed by atoms with Gasteiger partial charge >= 0.3 is 5.97 Å². The summed E-state index contributed by atoms with van der Waals surface area (Å²) in [6.07, 6.45) is 6.06. The van der Waals surface area contributed by atoms with Gasteiger partial charge in [0.2, 0.25) is 0 Å². The number of aryl methyl sites for hydroxylation is 1. The van der Waals surface area contributed by atoms with Crippen LogP contribution in [0.15, 0.2) is 9.72 Å². The fraction of sp³-hybridized carbons (Fsp3) is 0.733. The van der Waals surface area contributed by atoms with Crippen LogP contribution >= 0.6 is 23.1 Å². The minimum atomic E-state index is -0.666.